The molecule has 1 heterocycles. The molecule has 0 aliphatic heterocycles. The molecule has 1 aromatic carbocycles. The van der Waals surface area contributed by atoms with Crippen LogP contribution in [-0.2, 0) is 14.3 Å². The molecule has 1 aliphatic carbocycles. The number of carbonyl (C=O) groups excluding carboxylic acids is 2. The molecular weight excluding hydrogens is 348 g/mol. The molecule has 0 amide bonds. The van der Waals surface area contributed by atoms with Crippen molar-refractivity contribution in [2.75, 3.05) is 13.2 Å². The van der Waals surface area contributed by atoms with Crippen molar-refractivity contribution in [3.05, 3.63) is 58.3 Å². The molecule has 2 atom stereocenters. The molecule has 0 saturated heterocycles. The van der Waals surface area contributed by atoms with Crippen LogP contribution in [-0.4, -0.2) is 25.0 Å². The number of carbonyl (C=O) groups is 2. The third kappa shape index (κ3) is 3.88. The predicted molar refractivity (Wildman–Crippen MR) is 102 cm³/mol. The van der Waals surface area contributed by atoms with Gasteiger partial charge in [-0.3, -0.25) is 9.59 Å². The first-order valence-corrected chi connectivity index (χ1v) is 9.74. The summed E-state index contributed by atoms with van der Waals surface area (Å²) in [7, 11) is 0. The van der Waals surface area contributed by atoms with Gasteiger partial charge >= 0.3 is 5.97 Å². The number of hydrogen-bond acceptors (Lipinski definition) is 5. The SMILES string of the molecule is CCOC(=O)[C@H]1C(=O)C=C(c2ccsc2)C[C@@H]1c1ccc(OCC)cc1. The van der Waals surface area contributed by atoms with E-state index in [1.54, 1.807) is 24.3 Å². The Balaban J connectivity index is 1.95. The number of ketones is 1. The minimum Gasteiger partial charge on any atom is -0.494 e. The number of benzene rings is 1. The van der Waals surface area contributed by atoms with Crippen molar-refractivity contribution in [2.45, 2.75) is 26.2 Å². The van der Waals surface area contributed by atoms with E-state index in [9.17, 15) is 9.59 Å². The van der Waals surface area contributed by atoms with Gasteiger partial charge in [0.2, 0.25) is 0 Å². The van der Waals surface area contributed by atoms with Gasteiger partial charge in [-0.15, -0.1) is 0 Å². The van der Waals surface area contributed by atoms with E-state index in [0.29, 0.717) is 13.0 Å². The zero-order valence-corrected chi connectivity index (χ0v) is 15.8. The highest BCUT2D eigenvalue weighted by molar-refractivity contribution is 7.08. The lowest BCUT2D eigenvalue weighted by Gasteiger charge is -2.29. The van der Waals surface area contributed by atoms with Crippen LogP contribution in [0.5, 0.6) is 5.75 Å². The molecule has 1 aliphatic rings. The summed E-state index contributed by atoms with van der Waals surface area (Å²) in [6.07, 6.45) is 2.23. The maximum atomic E-state index is 12.8. The molecule has 0 N–H and O–H groups in total. The summed E-state index contributed by atoms with van der Waals surface area (Å²) in [5, 5.41) is 4.02. The van der Waals surface area contributed by atoms with Crippen LogP contribution in [0.25, 0.3) is 5.57 Å². The van der Waals surface area contributed by atoms with Crippen LogP contribution in [0.15, 0.2) is 47.2 Å². The first kappa shape index (κ1) is 18.4. The number of esters is 1. The molecule has 0 bridgehead atoms. The maximum Gasteiger partial charge on any atom is 0.317 e. The molecule has 26 heavy (non-hydrogen) atoms. The molecule has 2 aromatic rings. The Labute approximate surface area is 157 Å². The minimum atomic E-state index is -0.796. The van der Waals surface area contributed by atoms with Gasteiger partial charge < -0.3 is 9.47 Å². The van der Waals surface area contributed by atoms with Gasteiger partial charge in [-0.1, -0.05) is 12.1 Å². The zero-order chi connectivity index (χ0) is 18.5. The highest BCUT2D eigenvalue weighted by atomic mass is 32.1. The van der Waals surface area contributed by atoms with Crippen LogP contribution in [0.3, 0.4) is 0 Å². The van der Waals surface area contributed by atoms with E-state index in [2.05, 4.69) is 0 Å². The van der Waals surface area contributed by atoms with Crippen LogP contribution in [0.1, 0.15) is 37.3 Å². The van der Waals surface area contributed by atoms with E-state index in [-0.39, 0.29) is 18.3 Å². The van der Waals surface area contributed by atoms with E-state index in [0.717, 1.165) is 22.4 Å². The molecular formula is C21H22O4S. The minimum absolute atomic E-state index is 0.185. The highest BCUT2D eigenvalue weighted by Gasteiger charge is 2.39. The number of allylic oxidation sites excluding steroid dienone is 2. The molecule has 0 radical (unpaired) electrons. The third-order valence-electron chi connectivity index (χ3n) is 4.52. The second kappa shape index (κ2) is 8.32. The Morgan fingerprint density at radius 1 is 1.15 bits per heavy atom. The van der Waals surface area contributed by atoms with Crippen LogP contribution in [0.4, 0.5) is 0 Å². The molecule has 5 heteroatoms. The summed E-state index contributed by atoms with van der Waals surface area (Å²) in [6, 6.07) is 9.64. The van der Waals surface area contributed by atoms with Crippen molar-refractivity contribution in [3.63, 3.8) is 0 Å². The quantitative estimate of drug-likeness (QED) is 0.556. The van der Waals surface area contributed by atoms with E-state index in [1.165, 1.54) is 0 Å². The molecule has 1 aromatic heterocycles. The average Bonchev–Trinajstić information content (AvgIpc) is 3.17. The van der Waals surface area contributed by atoms with E-state index < -0.39 is 11.9 Å². The summed E-state index contributed by atoms with van der Waals surface area (Å²) >= 11 is 1.59. The Kier molecular flexibility index (Phi) is 5.89. The van der Waals surface area contributed by atoms with Crippen molar-refractivity contribution in [2.24, 2.45) is 5.92 Å². The lowest BCUT2D eigenvalue weighted by Crippen LogP contribution is -2.33. The van der Waals surface area contributed by atoms with Gasteiger partial charge in [-0.25, -0.2) is 0 Å². The van der Waals surface area contributed by atoms with Crippen molar-refractivity contribution in [1.29, 1.82) is 0 Å². The first-order valence-electron chi connectivity index (χ1n) is 8.80. The van der Waals surface area contributed by atoms with E-state index in [1.807, 2.05) is 48.0 Å². The largest absolute Gasteiger partial charge is 0.494 e. The Hall–Kier alpha value is -2.40. The number of hydrogen-bond donors (Lipinski definition) is 0. The molecule has 0 spiro atoms. The summed E-state index contributed by atoms with van der Waals surface area (Å²) in [6.45, 7) is 4.55. The average molecular weight is 370 g/mol. The zero-order valence-electron chi connectivity index (χ0n) is 14.9. The lowest BCUT2D eigenvalue weighted by atomic mass is 9.74. The molecule has 0 saturated carbocycles. The molecule has 136 valence electrons. The van der Waals surface area contributed by atoms with Gasteiger partial charge in [0.1, 0.15) is 11.7 Å². The highest BCUT2D eigenvalue weighted by Crippen LogP contribution is 2.41. The van der Waals surface area contributed by atoms with Crippen molar-refractivity contribution < 1.29 is 19.1 Å². The van der Waals surface area contributed by atoms with E-state index in [4.69, 9.17) is 9.47 Å². The topological polar surface area (TPSA) is 52.6 Å². The fourth-order valence-electron chi connectivity index (χ4n) is 3.32. The smallest absolute Gasteiger partial charge is 0.317 e. The summed E-state index contributed by atoms with van der Waals surface area (Å²) < 4.78 is 10.7. The molecule has 3 rings (SSSR count). The molecule has 4 nitrogen and oxygen atoms in total. The van der Waals surface area contributed by atoms with Crippen molar-refractivity contribution in [3.8, 4) is 5.75 Å². The Morgan fingerprint density at radius 3 is 2.54 bits per heavy atom. The summed E-state index contributed by atoms with van der Waals surface area (Å²) in [4.78, 5) is 25.2. The molecule has 0 unspecified atom stereocenters. The van der Waals surface area contributed by atoms with Crippen LogP contribution in [0.2, 0.25) is 0 Å². The second-order valence-electron chi connectivity index (χ2n) is 6.13. The third-order valence-corrected chi connectivity index (χ3v) is 5.20. The van der Waals surface area contributed by atoms with Crippen LogP contribution >= 0.6 is 11.3 Å². The Bertz CT molecular complexity index is 790. The summed E-state index contributed by atoms with van der Waals surface area (Å²) in [5.74, 6) is -0.890. The first-order chi connectivity index (χ1) is 12.6. The number of rotatable bonds is 6. The second-order valence-corrected chi connectivity index (χ2v) is 6.91. The van der Waals surface area contributed by atoms with Gasteiger partial charge in [0.15, 0.2) is 5.78 Å². The monoisotopic (exact) mass is 370 g/mol. The van der Waals surface area contributed by atoms with Crippen molar-refractivity contribution >= 4 is 28.7 Å². The fourth-order valence-corrected chi connectivity index (χ4v) is 4.00. The van der Waals surface area contributed by atoms with Crippen LogP contribution in [0, 0.1) is 5.92 Å². The van der Waals surface area contributed by atoms with Gasteiger partial charge in [-0.05, 0) is 72.0 Å². The van der Waals surface area contributed by atoms with Crippen molar-refractivity contribution in [1.82, 2.24) is 0 Å². The van der Waals surface area contributed by atoms with Gasteiger partial charge in [0.25, 0.3) is 0 Å². The predicted octanol–water partition coefficient (Wildman–Crippen LogP) is 4.47. The number of ether oxygens (including phenoxy) is 2. The normalized spacial score (nSPS) is 19.8. The maximum absolute atomic E-state index is 12.8. The Morgan fingerprint density at radius 2 is 1.92 bits per heavy atom. The lowest BCUT2D eigenvalue weighted by molar-refractivity contribution is -0.151. The van der Waals surface area contributed by atoms with Crippen LogP contribution < -0.4 is 4.74 Å². The van der Waals surface area contributed by atoms with Gasteiger partial charge in [0.05, 0.1) is 13.2 Å². The number of thiophene rings is 1. The summed E-state index contributed by atoms with van der Waals surface area (Å²) in [5.41, 5.74) is 2.96. The standard InChI is InChI=1S/C21H22O4S/c1-3-24-17-7-5-14(6-8-17)18-11-16(15-9-10-26-13-15)12-19(22)20(18)21(23)25-4-2/h5-10,12-13,18,20H,3-4,11H2,1-2H3/t18-,20-/m1/s1. The fraction of sp³-hybridized carbons (Fsp3) is 0.333. The van der Waals surface area contributed by atoms with Gasteiger partial charge in [-0.2, -0.15) is 11.3 Å². The van der Waals surface area contributed by atoms with E-state index >= 15 is 0 Å². The van der Waals surface area contributed by atoms with Gasteiger partial charge in [0, 0.05) is 5.92 Å². The molecule has 0 fully saturated rings.